The smallest absolute Gasteiger partial charge is 0.0712 e. The first-order valence-corrected chi connectivity index (χ1v) is 4.75. The maximum atomic E-state index is 4.04. The predicted molar refractivity (Wildman–Crippen MR) is 59.3 cm³/mol. The SMILES string of the molecule is COOC.Cc1ccccc1C(C)C. The highest BCUT2D eigenvalue weighted by Crippen LogP contribution is 2.17. The van der Waals surface area contributed by atoms with Crippen molar-refractivity contribution in [1.29, 1.82) is 0 Å². The van der Waals surface area contributed by atoms with Crippen LogP contribution in [0.25, 0.3) is 0 Å². The molecule has 0 atom stereocenters. The molecule has 0 bridgehead atoms. The van der Waals surface area contributed by atoms with Gasteiger partial charge >= 0.3 is 0 Å². The summed E-state index contributed by atoms with van der Waals surface area (Å²) >= 11 is 0. The molecule has 0 aliphatic heterocycles. The molecule has 0 N–H and O–H groups in total. The van der Waals surface area contributed by atoms with Crippen LogP contribution in [0.15, 0.2) is 24.3 Å². The van der Waals surface area contributed by atoms with Crippen LogP contribution in [0.3, 0.4) is 0 Å². The van der Waals surface area contributed by atoms with E-state index < -0.39 is 0 Å². The molecule has 0 aliphatic rings. The lowest BCUT2D eigenvalue weighted by Crippen LogP contribution is -1.89. The van der Waals surface area contributed by atoms with Crippen LogP contribution in [0.4, 0.5) is 0 Å². The lowest BCUT2D eigenvalue weighted by Gasteiger charge is -2.07. The van der Waals surface area contributed by atoms with Gasteiger partial charge in [0.05, 0.1) is 14.2 Å². The molecule has 0 heterocycles. The van der Waals surface area contributed by atoms with Crippen molar-refractivity contribution in [1.82, 2.24) is 0 Å². The van der Waals surface area contributed by atoms with E-state index in [2.05, 4.69) is 54.8 Å². The first kappa shape index (κ1) is 13.1. The van der Waals surface area contributed by atoms with Crippen molar-refractivity contribution in [3.63, 3.8) is 0 Å². The first-order valence-electron chi connectivity index (χ1n) is 4.75. The highest BCUT2D eigenvalue weighted by molar-refractivity contribution is 5.27. The number of hydrogen-bond donors (Lipinski definition) is 0. The van der Waals surface area contributed by atoms with Gasteiger partial charge in [-0.05, 0) is 24.0 Å². The Bertz CT molecular complexity index is 242. The lowest BCUT2D eigenvalue weighted by molar-refractivity contribution is -0.248. The molecule has 2 heteroatoms. The van der Waals surface area contributed by atoms with E-state index in [0.29, 0.717) is 5.92 Å². The minimum Gasteiger partial charge on any atom is -0.240 e. The Morgan fingerprint density at radius 1 is 1.00 bits per heavy atom. The summed E-state index contributed by atoms with van der Waals surface area (Å²) in [6, 6.07) is 8.54. The summed E-state index contributed by atoms with van der Waals surface area (Å²) in [6.07, 6.45) is 0. The summed E-state index contributed by atoms with van der Waals surface area (Å²) in [7, 11) is 2.92. The third-order valence-corrected chi connectivity index (χ3v) is 1.98. The molecule has 0 saturated carbocycles. The van der Waals surface area contributed by atoms with Crippen LogP contribution in [0, 0.1) is 6.92 Å². The predicted octanol–water partition coefficient (Wildman–Crippen LogP) is 3.31. The van der Waals surface area contributed by atoms with Gasteiger partial charge in [0.25, 0.3) is 0 Å². The van der Waals surface area contributed by atoms with Crippen LogP contribution in [-0.4, -0.2) is 14.2 Å². The van der Waals surface area contributed by atoms with E-state index in [0.717, 1.165) is 0 Å². The third-order valence-electron chi connectivity index (χ3n) is 1.98. The zero-order valence-corrected chi connectivity index (χ0v) is 9.70. The molecule has 2 nitrogen and oxygen atoms in total. The lowest BCUT2D eigenvalue weighted by atomic mass is 9.99. The molecule has 0 radical (unpaired) electrons. The van der Waals surface area contributed by atoms with Crippen molar-refractivity contribution < 1.29 is 9.78 Å². The summed E-state index contributed by atoms with van der Waals surface area (Å²) < 4.78 is 0. The van der Waals surface area contributed by atoms with E-state index in [1.54, 1.807) is 0 Å². The number of aryl methyl sites for hydroxylation is 1. The van der Waals surface area contributed by atoms with Crippen molar-refractivity contribution in [2.75, 3.05) is 14.2 Å². The van der Waals surface area contributed by atoms with Crippen LogP contribution in [-0.2, 0) is 9.78 Å². The van der Waals surface area contributed by atoms with Crippen molar-refractivity contribution >= 4 is 0 Å². The van der Waals surface area contributed by atoms with E-state index in [1.165, 1.54) is 25.3 Å². The van der Waals surface area contributed by atoms with Crippen molar-refractivity contribution in [3.8, 4) is 0 Å². The molecule has 1 aromatic carbocycles. The molecule has 0 saturated heterocycles. The summed E-state index contributed by atoms with van der Waals surface area (Å²) in [4.78, 5) is 8.08. The highest BCUT2D eigenvalue weighted by Gasteiger charge is 1.99. The third kappa shape index (κ3) is 5.00. The van der Waals surface area contributed by atoms with Gasteiger partial charge in [0.15, 0.2) is 0 Å². The summed E-state index contributed by atoms with van der Waals surface area (Å²) in [5.41, 5.74) is 2.86. The van der Waals surface area contributed by atoms with Crippen molar-refractivity contribution in [3.05, 3.63) is 35.4 Å². The van der Waals surface area contributed by atoms with Crippen LogP contribution in [0.1, 0.15) is 30.9 Å². The second-order valence-corrected chi connectivity index (χ2v) is 3.34. The quantitative estimate of drug-likeness (QED) is 0.533. The Morgan fingerprint density at radius 2 is 1.50 bits per heavy atom. The maximum absolute atomic E-state index is 4.04. The van der Waals surface area contributed by atoms with Gasteiger partial charge < -0.3 is 0 Å². The fourth-order valence-corrected chi connectivity index (χ4v) is 1.23. The van der Waals surface area contributed by atoms with E-state index in [9.17, 15) is 0 Å². The normalized spacial score (nSPS) is 9.57. The van der Waals surface area contributed by atoms with Gasteiger partial charge in [-0.25, -0.2) is 9.78 Å². The monoisotopic (exact) mass is 196 g/mol. The minimum absolute atomic E-state index is 0.654. The van der Waals surface area contributed by atoms with Crippen molar-refractivity contribution in [2.45, 2.75) is 26.7 Å². The molecule has 1 aromatic rings. The molecule has 0 unspecified atom stereocenters. The number of rotatable bonds is 2. The van der Waals surface area contributed by atoms with Crippen LogP contribution < -0.4 is 0 Å². The molecule has 14 heavy (non-hydrogen) atoms. The zero-order valence-electron chi connectivity index (χ0n) is 9.70. The number of hydrogen-bond acceptors (Lipinski definition) is 2. The Morgan fingerprint density at radius 3 is 1.79 bits per heavy atom. The van der Waals surface area contributed by atoms with Gasteiger partial charge in [0, 0.05) is 0 Å². The minimum atomic E-state index is 0.654. The number of benzene rings is 1. The van der Waals surface area contributed by atoms with Gasteiger partial charge in [0.2, 0.25) is 0 Å². The Hall–Kier alpha value is -0.860. The molecule has 0 fully saturated rings. The summed E-state index contributed by atoms with van der Waals surface area (Å²) in [5, 5.41) is 0. The zero-order chi connectivity index (χ0) is 11.0. The fraction of sp³-hybridized carbons (Fsp3) is 0.500. The molecule has 0 aromatic heterocycles. The Balaban J connectivity index is 0.000000364. The average molecular weight is 196 g/mol. The van der Waals surface area contributed by atoms with Gasteiger partial charge in [-0.2, -0.15) is 0 Å². The largest absolute Gasteiger partial charge is 0.240 e. The summed E-state index contributed by atoms with van der Waals surface area (Å²) in [5.74, 6) is 0.654. The van der Waals surface area contributed by atoms with Gasteiger partial charge in [0.1, 0.15) is 0 Å². The Kier molecular flexibility index (Phi) is 7.07. The molecule has 0 amide bonds. The van der Waals surface area contributed by atoms with E-state index in [1.807, 2.05) is 0 Å². The summed E-state index contributed by atoms with van der Waals surface area (Å²) in [6.45, 7) is 6.61. The molecule has 1 rings (SSSR count). The molecular formula is C12H20O2. The van der Waals surface area contributed by atoms with Crippen LogP contribution in [0.5, 0.6) is 0 Å². The van der Waals surface area contributed by atoms with Gasteiger partial charge in [-0.15, -0.1) is 0 Å². The standard InChI is InChI=1S/C10H14.C2H6O2/c1-8(2)10-7-5-4-6-9(10)3;1-3-4-2/h4-8H,1-3H3;1-2H3. The van der Waals surface area contributed by atoms with Gasteiger partial charge in [-0.1, -0.05) is 38.1 Å². The fourth-order valence-electron chi connectivity index (χ4n) is 1.23. The topological polar surface area (TPSA) is 18.5 Å². The van der Waals surface area contributed by atoms with E-state index in [4.69, 9.17) is 0 Å². The first-order chi connectivity index (χ1) is 6.63. The molecule has 0 spiro atoms. The maximum Gasteiger partial charge on any atom is 0.0712 e. The van der Waals surface area contributed by atoms with Crippen LogP contribution in [0.2, 0.25) is 0 Å². The Labute approximate surface area is 86.8 Å². The van der Waals surface area contributed by atoms with Crippen molar-refractivity contribution in [2.24, 2.45) is 0 Å². The van der Waals surface area contributed by atoms with Gasteiger partial charge in [-0.3, -0.25) is 0 Å². The van der Waals surface area contributed by atoms with E-state index >= 15 is 0 Å². The van der Waals surface area contributed by atoms with E-state index in [-0.39, 0.29) is 0 Å². The second-order valence-electron chi connectivity index (χ2n) is 3.34. The second kappa shape index (κ2) is 7.54. The highest BCUT2D eigenvalue weighted by atomic mass is 17.2. The van der Waals surface area contributed by atoms with Crippen LogP contribution >= 0.6 is 0 Å². The molecule has 0 aliphatic carbocycles. The molecule has 80 valence electrons. The molecular weight excluding hydrogens is 176 g/mol. The average Bonchev–Trinajstić information content (AvgIpc) is 2.18.